The van der Waals surface area contributed by atoms with Gasteiger partial charge in [-0.25, -0.2) is 0 Å². The van der Waals surface area contributed by atoms with Crippen molar-refractivity contribution in [3.63, 3.8) is 0 Å². The molecular weight excluding hydrogens is 290 g/mol. The zero-order valence-corrected chi connectivity index (χ0v) is 9.50. The molecule has 0 aliphatic carbocycles. The molecule has 0 bridgehead atoms. The van der Waals surface area contributed by atoms with Gasteiger partial charge in [0.05, 0.1) is 17.4 Å². The maximum absolute atomic E-state index is 12.8. The van der Waals surface area contributed by atoms with Crippen LogP contribution in [0.2, 0.25) is 0 Å². The number of hydrogen-bond acceptors (Lipinski definition) is 3. The number of rotatable bonds is 1. The summed E-state index contributed by atoms with van der Waals surface area (Å²) in [6.45, 7) is 0. The highest BCUT2D eigenvalue weighted by Gasteiger charge is 2.37. The molecule has 0 radical (unpaired) electrons. The van der Waals surface area contributed by atoms with Gasteiger partial charge in [-0.3, -0.25) is 0 Å². The van der Waals surface area contributed by atoms with Crippen LogP contribution in [0, 0.1) is 0 Å². The Bertz CT molecular complexity index is 627. The topological polar surface area (TPSA) is 56.7 Å². The van der Waals surface area contributed by atoms with Crippen LogP contribution in [0.15, 0.2) is 24.4 Å². The fraction of sp³-hybridized carbons (Fsp3) is 0.200. The molecule has 0 fully saturated rings. The molecular formula is C10H6F6N4. The molecule has 1 heterocycles. The first kappa shape index (κ1) is 14.2. The monoisotopic (exact) mass is 296 g/mol. The van der Waals surface area contributed by atoms with Crippen molar-refractivity contribution in [2.24, 2.45) is 0 Å². The van der Waals surface area contributed by atoms with Gasteiger partial charge in [0.1, 0.15) is 0 Å². The average Bonchev–Trinajstić information content (AvgIpc) is 2.75. The van der Waals surface area contributed by atoms with Crippen molar-refractivity contribution >= 4 is 5.69 Å². The van der Waals surface area contributed by atoms with Crippen molar-refractivity contribution in [3.05, 3.63) is 35.7 Å². The third-order valence-electron chi connectivity index (χ3n) is 2.32. The summed E-state index contributed by atoms with van der Waals surface area (Å²) < 4.78 is 75.4. The maximum Gasteiger partial charge on any atom is 0.436 e. The lowest BCUT2D eigenvalue weighted by Crippen LogP contribution is -2.14. The number of alkyl halides is 6. The van der Waals surface area contributed by atoms with Crippen LogP contribution in [0.4, 0.5) is 32.0 Å². The van der Waals surface area contributed by atoms with Gasteiger partial charge in [0.2, 0.25) is 0 Å². The summed E-state index contributed by atoms with van der Waals surface area (Å²) in [5.74, 6) is 0. The normalized spacial score (nSPS) is 12.7. The smallest absolute Gasteiger partial charge is 0.399 e. The van der Waals surface area contributed by atoms with Crippen molar-refractivity contribution < 1.29 is 26.3 Å². The second kappa shape index (κ2) is 4.39. The zero-order chi connectivity index (χ0) is 15.1. The lowest BCUT2D eigenvalue weighted by Gasteiger charge is -2.12. The Kier molecular flexibility index (Phi) is 3.11. The number of anilines is 1. The standard InChI is InChI=1S/C10H6F6N4/c11-9(12,13)6-2-1-5(17)3-7(6)20-18-4-8(19-20)10(14,15)16/h1-4H,17H2. The number of nitrogens with two attached hydrogens (primary N) is 1. The Labute approximate surface area is 107 Å². The van der Waals surface area contributed by atoms with E-state index in [1.165, 1.54) is 0 Å². The van der Waals surface area contributed by atoms with E-state index < -0.39 is 29.3 Å². The minimum atomic E-state index is -4.79. The fourth-order valence-corrected chi connectivity index (χ4v) is 1.46. The van der Waals surface area contributed by atoms with E-state index in [1.54, 1.807) is 0 Å². The summed E-state index contributed by atoms with van der Waals surface area (Å²) in [6, 6.07) is 2.49. The Morgan fingerprint density at radius 3 is 2.15 bits per heavy atom. The second-order valence-corrected chi connectivity index (χ2v) is 3.79. The molecule has 10 heteroatoms. The molecule has 0 amide bonds. The van der Waals surface area contributed by atoms with Crippen molar-refractivity contribution in [3.8, 4) is 5.69 Å². The fourth-order valence-electron chi connectivity index (χ4n) is 1.46. The molecule has 0 aliphatic heterocycles. The molecule has 1 aromatic heterocycles. The first-order valence-corrected chi connectivity index (χ1v) is 5.05. The number of nitrogens with zero attached hydrogens (tertiary/aromatic N) is 3. The molecule has 2 N–H and O–H groups in total. The molecule has 0 atom stereocenters. The average molecular weight is 296 g/mol. The first-order valence-electron chi connectivity index (χ1n) is 5.05. The predicted octanol–water partition coefficient (Wildman–Crippen LogP) is 2.89. The van der Waals surface area contributed by atoms with Crippen LogP contribution < -0.4 is 5.73 Å². The van der Waals surface area contributed by atoms with Gasteiger partial charge < -0.3 is 5.73 Å². The van der Waals surface area contributed by atoms with Gasteiger partial charge in [-0.15, -0.1) is 5.10 Å². The SMILES string of the molecule is Nc1ccc(C(F)(F)F)c(-n2ncc(C(F)(F)F)n2)c1. The van der Waals surface area contributed by atoms with Gasteiger partial charge in [0, 0.05) is 5.69 Å². The van der Waals surface area contributed by atoms with Crippen LogP contribution in [0.5, 0.6) is 0 Å². The lowest BCUT2D eigenvalue weighted by molar-refractivity contribution is -0.141. The van der Waals surface area contributed by atoms with E-state index in [2.05, 4.69) is 10.2 Å². The van der Waals surface area contributed by atoms with Gasteiger partial charge in [0.15, 0.2) is 5.69 Å². The number of halogens is 6. The Morgan fingerprint density at radius 1 is 1.00 bits per heavy atom. The van der Waals surface area contributed by atoms with E-state index in [1.807, 2.05) is 0 Å². The molecule has 20 heavy (non-hydrogen) atoms. The molecule has 0 unspecified atom stereocenters. The van der Waals surface area contributed by atoms with Crippen LogP contribution in [-0.2, 0) is 12.4 Å². The van der Waals surface area contributed by atoms with Gasteiger partial charge in [0.25, 0.3) is 0 Å². The highest BCUT2D eigenvalue weighted by atomic mass is 19.4. The molecule has 0 aliphatic rings. The largest absolute Gasteiger partial charge is 0.436 e. The molecule has 1 aromatic carbocycles. The van der Waals surface area contributed by atoms with Crippen molar-refractivity contribution in [1.82, 2.24) is 15.0 Å². The minimum absolute atomic E-state index is 0.0566. The van der Waals surface area contributed by atoms with Crippen molar-refractivity contribution in [2.75, 3.05) is 5.73 Å². The van der Waals surface area contributed by atoms with E-state index in [-0.39, 0.29) is 10.5 Å². The molecule has 0 saturated heterocycles. The summed E-state index contributed by atoms with van der Waals surface area (Å²) in [5, 5.41) is 6.19. The second-order valence-electron chi connectivity index (χ2n) is 3.79. The van der Waals surface area contributed by atoms with Crippen LogP contribution >= 0.6 is 0 Å². The third kappa shape index (κ3) is 2.68. The zero-order valence-electron chi connectivity index (χ0n) is 9.50. The molecule has 4 nitrogen and oxygen atoms in total. The van der Waals surface area contributed by atoms with Crippen LogP contribution in [-0.4, -0.2) is 15.0 Å². The number of benzene rings is 1. The van der Waals surface area contributed by atoms with Gasteiger partial charge >= 0.3 is 12.4 Å². The van der Waals surface area contributed by atoms with E-state index in [4.69, 9.17) is 5.73 Å². The summed E-state index contributed by atoms with van der Waals surface area (Å²) in [5.41, 5.74) is 2.03. The van der Waals surface area contributed by atoms with Crippen molar-refractivity contribution in [1.29, 1.82) is 0 Å². The first-order chi connectivity index (χ1) is 9.09. The van der Waals surface area contributed by atoms with Gasteiger partial charge in [-0.05, 0) is 18.2 Å². The van der Waals surface area contributed by atoms with Crippen LogP contribution in [0.25, 0.3) is 5.69 Å². The quantitative estimate of drug-likeness (QED) is 0.650. The Morgan fingerprint density at radius 2 is 1.65 bits per heavy atom. The molecule has 2 aromatic rings. The minimum Gasteiger partial charge on any atom is -0.399 e. The maximum atomic E-state index is 12.8. The van der Waals surface area contributed by atoms with E-state index >= 15 is 0 Å². The third-order valence-corrected chi connectivity index (χ3v) is 2.32. The Balaban J connectivity index is 2.57. The number of hydrogen-bond donors (Lipinski definition) is 1. The van der Waals surface area contributed by atoms with Crippen LogP contribution in [0.1, 0.15) is 11.3 Å². The lowest BCUT2D eigenvalue weighted by atomic mass is 10.1. The molecule has 2 rings (SSSR count). The number of nitrogen functional groups attached to an aromatic ring is 1. The summed E-state index contributed by atoms with van der Waals surface area (Å²) in [4.78, 5) is 0.252. The van der Waals surface area contributed by atoms with E-state index in [0.29, 0.717) is 12.3 Å². The summed E-state index contributed by atoms with van der Waals surface area (Å²) in [6.07, 6.45) is -9.23. The summed E-state index contributed by atoms with van der Waals surface area (Å²) >= 11 is 0. The van der Waals surface area contributed by atoms with Crippen LogP contribution in [0.3, 0.4) is 0 Å². The van der Waals surface area contributed by atoms with E-state index in [9.17, 15) is 26.3 Å². The van der Waals surface area contributed by atoms with Gasteiger partial charge in [-0.2, -0.15) is 36.2 Å². The predicted molar refractivity (Wildman–Crippen MR) is 55.8 cm³/mol. The van der Waals surface area contributed by atoms with Crippen molar-refractivity contribution in [2.45, 2.75) is 12.4 Å². The molecule has 108 valence electrons. The highest BCUT2D eigenvalue weighted by molar-refractivity contribution is 5.52. The molecule has 0 saturated carbocycles. The van der Waals surface area contributed by atoms with Gasteiger partial charge in [-0.1, -0.05) is 0 Å². The highest BCUT2D eigenvalue weighted by Crippen LogP contribution is 2.35. The molecule has 0 spiro atoms. The van der Waals surface area contributed by atoms with E-state index in [0.717, 1.165) is 12.1 Å². The Hall–Kier alpha value is -2.26. The number of aromatic nitrogens is 3. The summed E-state index contributed by atoms with van der Waals surface area (Å²) in [7, 11) is 0.